The van der Waals surface area contributed by atoms with Crippen LogP contribution >= 0.6 is 0 Å². The lowest BCUT2D eigenvalue weighted by Gasteiger charge is -2.07. The first kappa shape index (κ1) is 12.4. The lowest BCUT2D eigenvalue weighted by molar-refractivity contribution is 0.386. The van der Waals surface area contributed by atoms with Crippen LogP contribution in [0.25, 0.3) is 0 Å². The van der Waals surface area contributed by atoms with Gasteiger partial charge in [-0.1, -0.05) is 6.92 Å². The van der Waals surface area contributed by atoms with E-state index in [1.807, 2.05) is 6.92 Å². The summed E-state index contributed by atoms with van der Waals surface area (Å²) in [5.41, 5.74) is 3.07. The van der Waals surface area contributed by atoms with Crippen molar-refractivity contribution in [2.45, 2.75) is 13.3 Å². The maximum Gasteiger partial charge on any atom is 0.165 e. The first-order chi connectivity index (χ1) is 7.72. The van der Waals surface area contributed by atoms with Gasteiger partial charge in [-0.3, -0.25) is 4.99 Å². The number of nitrogens with zero attached hydrogens (tertiary/aromatic N) is 1. The Hall–Kier alpha value is -1.62. The van der Waals surface area contributed by atoms with Crippen LogP contribution in [0.1, 0.15) is 18.9 Å². The van der Waals surface area contributed by atoms with E-state index in [1.54, 1.807) is 12.1 Å². The molecule has 0 aliphatic rings. The van der Waals surface area contributed by atoms with E-state index < -0.39 is 5.82 Å². The maximum absolute atomic E-state index is 13.4. The Morgan fingerprint density at radius 3 is 2.81 bits per heavy atom. The van der Waals surface area contributed by atoms with Gasteiger partial charge >= 0.3 is 0 Å². The minimum atomic E-state index is -0.431. The number of nitrogens with two attached hydrogens (primary N) is 1. The van der Waals surface area contributed by atoms with Crippen molar-refractivity contribution in [3.05, 3.63) is 29.6 Å². The van der Waals surface area contributed by atoms with Gasteiger partial charge in [0.25, 0.3) is 0 Å². The molecule has 0 aliphatic carbocycles. The largest absolute Gasteiger partial charge is 0.494 e. The monoisotopic (exact) mass is 225 g/mol. The van der Waals surface area contributed by atoms with Gasteiger partial charge < -0.3 is 10.2 Å². The third-order valence-corrected chi connectivity index (χ3v) is 2.06. The number of aliphatic imine (C=N–C) groups is 1. The van der Waals surface area contributed by atoms with E-state index in [0.717, 1.165) is 6.42 Å². The zero-order chi connectivity index (χ0) is 12.0. The van der Waals surface area contributed by atoms with Crippen LogP contribution < -0.4 is 16.0 Å². The Morgan fingerprint density at radius 1 is 1.56 bits per heavy atom. The molecule has 5 heteroatoms. The van der Waals surface area contributed by atoms with Gasteiger partial charge in [0.05, 0.1) is 7.11 Å². The Balaban J connectivity index is 2.98. The molecular weight excluding hydrogens is 209 g/mol. The molecule has 0 bridgehead atoms. The smallest absolute Gasteiger partial charge is 0.165 e. The summed E-state index contributed by atoms with van der Waals surface area (Å²) in [5.74, 6) is 5.58. The van der Waals surface area contributed by atoms with Gasteiger partial charge in [0.2, 0.25) is 0 Å². The molecular formula is C11H16FN3O. The van der Waals surface area contributed by atoms with Crippen molar-refractivity contribution in [3.63, 3.8) is 0 Å². The van der Waals surface area contributed by atoms with Crippen molar-refractivity contribution in [3.8, 4) is 5.75 Å². The molecule has 0 saturated heterocycles. The fraction of sp³-hybridized carbons (Fsp3) is 0.364. The van der Waals surface area contributed by atoms with Gasteiger partial charge in [0, 0.05) is 12.1 Å². The molecule has 0 spiro atoms. The number of halogens is 1. The average Bonchev–Trinajstić information content (AvgIpc) is 2.30. The van der Waals surface area contributed by atoms with Crippen LogP contribution in [0.15, 0.2) is 23.2 Å². The van der Waals surface area contributed by atoms with Gasteiger partial charge in [-0.05, 0) is 24.6 Å². The van der Waals surface area contributed by atoms with Gasteiger partial charge in [0.15, 0.2) is 11.6 Å². The normalized spacial score (nSPS) is 11.4. The number of amidine groups is 1. The molecule has 0 unspecified atom stereocenters. The van der Waals surface area contributed by atoms with Crippen molar-refractivity contribution in [2.75, 3.05) is 13.7 Å². The zero-order valence-corrected chi connectivity index (χ0v) is 9.46. The highest BCUT2D eigenvalue weighted by Gasteiger charge is 2.07. The maximum atomic E-state index is 13.4. The fourth-order valence-corrected chi connectivity index (χ4v) is 1.26. The number of benzene rings is 1. The second-order valence-corrected chi connectivity index (χ2v) is 3.22. The predicted molar refractivity (Wildman–Crippen MR) is 62.0 cm³/mol. The lowest BCUT2D eigenvalue weighted by atomic mass is 10.2. The van der Waals surface area contributed by atoms with E-state index in [1.165, 1.54) is 13.2 Å². The Kier molecular flexibility index (Phi) is 4.72. The Morgan fingerprint density at radius 2 is 2.31 bits per heavy atom. The van der Waals surface area contributed by atoms with Crippen LogP contribution in [0.4, 0.5) is 4.39 Å². The molecule has 3 N–H and O–H groups in total. The van der Waals surface area contributed by atoms with Crippen LogP contribution in [-0.4, -0.2) is 19.5 Å². The van der Waals surface area contributed by atoms with Crippen LogP contribution in [0, 0.1) is 5.82 Å². The number of ether oxygens (including phenoxy) is 1. The zero-order valence-electron chi connectivity index (χ0n) is 9.46. The molecule has 0 atom stereocenters. The summed E-state index contributed by atoms with van der Waals surface area (Å²) in [6.45, 7) is 2.65. The van der Waals surface area contributed by atoms with Crippen LogP contribution in [0.5, 0.6) is 5.75 Å². The number of hydrogen-bond acceptors (Lipinski definition) is 3. The number of hydrogen-bond donors (Lipinski definition) is 2. The molecule has 1 aromatic rings. The second kappa shape index (κ2) is 6.07. The molecule has 0 aliphatic heterocycles. The molecule has 0 saturated carbocycles. The van der Waals surface area contributed by atoms with E-state index in [-0.39, 0.29) is 5.75 Å². The lowest BCUT2D eigenvalue weighted by Crippen LogP contribution is -2.31. The first-order valence-electron chi connectivity index (χ1n) is 5.08. The van der Waals surface area contributed by atoms with E-state index in [0.29, 0.717) is 17.9 Å². The SMILES string of the molecule is CCCN=C(NN)c1ccc(OC)c(F)c1. The van der Waals surface area contributed by atoms with Gasteiger partial charge in [-0.15, -0.1) is 0 Å². The van der Waals surface area contributed by atoms with E-state index in [4.69, 9.17) is 10.6 Å². The predicted octanol–water partition coefficient (Wildman–Crippen LogP) is 1.45. The molecule has 0 fully saturated rings. The third kappa shape index (κ3) is 2.93. The standard InChI is InChI=1S/C11H16FN3O/c1-3-6-14-11(15-13)8-4-5-10(16-2)9(12)7-8/h4-5,7H,3,6,13H2,1-2H3,(H,14,15). The van der Waals surface area contributed by atoms with E-state index in [9.17, 15) is 4.39 Å². The minimum Gasteiger partial charge on any atom is -0.494 e. The number of hydrazine groups is 1. The molecule has 0 heterocycles. The number of methoxy groups -OCH3 is 1. The summed E-state index contributed by atoms with van der Waals surface area (Å²) in [5, 5.41) is 0. The second-order valence-electron chi connectivity index (χ2n) is 3.22. The summed E-state index contributed by atoms with van der Waals surface area (Å²) >= 11 is 0. The van der Waals surface area contributed by atoms with Crippen LogP contribution in [0.3, 0.4) is 0 Å². The van der Waals surface area contributed by atoms with Crippen molar-refractivity contribution in [1.29, 1.82) is 0 Å². The summed E-state index contributed by atoms with van der Waals surface area (Å²) in [7, 11) is 1.42. The summed E-state index contributed by atoms with van der Waals surface area (Å²) in [6, 6.07) is 4.59. The van der Waals surface area contributed by atoms with E-state index in [2.05, 4.69) is 10.4 Å². The summed E-state index contributed by atoms with van der Waals surface area (Å²) in [4.78, 5) is 4.20. The first-order valence-corrected chi connectivity index (χ1v) is 5.08. The Labute approximate surface area is 94.3 Å². The molecule has 4 nitrogen and oxygen atoms in total. The van der Waals surface area contributed by atoms with Crippen molar-refractivity contribution in [1.82, 2.24) is 5.43 Å². The highest BCUT2D eigenvalue weighted by molar-refractivity contribution is 5.98. The molecule has 1 aromatic carbocycles. The fourth-order valence-electron chi connectivity index (χ4n) is 1.26. The number of rotatable bonds is 4. The van der Waals surface area contributed by atoms with Gasteiger partial charge in [-0.2, -0.15) is 0 Å². The van der Waals surface area contributed by atoms with Crippen molar-refractivity contribution >= 4 is 5.84 Å². The van der Waals surface area contributed by atoms with Gasteiger partial charge in [-0.25, -0.2) is 10.2 Å². The minimum absolute atomic E-state index is 0.204. The average molecular weight is 225 g/mol. The highest BCUT2D eigenvalue weighted by atomic mass is 19.1. The van der Waals surface area contributed by atoms with Crippen LogP contribution in [0.2, 0.25) is 0 Å². The molecule has 0 radical (unpaired) electrons. The topological polar surface area (TPSA) is 59.6 Å². The highest BCUT2D eigenvalue weighted by Crippen LogP contribution is 2.17. The quantitative estimate of drug-likeness (QED) is 0.353. The van der Waals surface area contributed by atoms with Crippen LogP contribution in [-0.2, 0) is 0 Å². The summed E-state index contributed by atoms with van der Waals surface area (Å²) in [6.07, 6.45) is 0.907. The molecule has 88 valence electrons. The molecule has 0 aromatic heterocycles. The van der Waals surface area contributed by atoms with Crippen molar-refractivity contribution in [2.24, 2.45) is 10.8 Å². The van der Waals surface area contributed by atoms with E-state index >= 15 is 0 Å². The number of nitrogens with one attached hydrogen (secondary N) is 1. The molecule has 16 heavy (non-hydrogen) atoms. The third-order valence-electron chi connectivity index (χ3n) is 2.06. The Bertz CT molecular complexity index is 379. The molecule has 0 amide bonds. The van der Waals surface area contributed by atoms with Crippen molar-refractivity contribution < 1.29 is 9.13 Å². The molecule has 1 rings (SSSR count). The van der Waals surface area contributed by atoms with Gasteiger partial charge in [0.1, 0.15) is 5.84 Å². The summed E-state index contributed by atoms with van der Waals surface area (Å²) < 4.78 is 18.2.